The summed E-state index contributed by atoms with van der Waals surface area (Å²) in [4.78, 5) is 0. The molecule has 0 aliphatic rings. The Bertz CT molecular complexity index is 184. The van der Waals surface area contributed by atoms with Gasteiger partial charge in [0.1, 0.15) is 0 Å². The molecule has 0 bridgehead atoms. The molecule has 0 nitrogen and oxygen atoms in total. The summed E-state index contributed by atoms with van der Waals surface area (Å²) >= 11 is 0. The molecule has 0 saturated heterocycles. The van der Waals surface area contributed by atoms with Crippen molar-refractivity contribution in [2.24, 2.45) is 0 Å². The summed E-state index contributed by atoms with van der Waals surface area (Å²) in [6, 6.07) is 12.4. The molecule has 2 heteroatoms. The summed E-state index contributed by atoms with van der Waals surface area (Å²) in [5.41, 5.74) is 1.53. The third-order valence-corrected chi connectivity index (χ3v) is 7.09. The normalized spacial score (nSPS) is 12.1. The average Bonchev–Trinajstić information content (AvgIpc) is 2.07. The highest BCUT2D eigenvalue weighted by Crippen LogP contribution is 2.01. The van der Waals surface area contributed by atoms with Crippen molar-refractivity contribution < 1.29 is 0 Å². The molecule has 0 fully saturated rings. The summed E-state index contributed by atoms with van der Waals surface area (Å²) < 4.78 is 0. The molecule has 0 spiro atoms. The summed E-state index contributed by atoms with van der Waals surface area (Å²) in [5.74, 6) is 0. The van der Waals surface area contributed by atoms with Gasteiger partial charge in [-0.3, -0.25) is 0 Å². The van der Waals surface area contributed by atoms with Crippen LogP contribution in [0.5, 0.6) is 0 Å². The second-order valence-electron chi connectivity index (χ2n) is 2.94. The van der Waals surface area contributed by atoms with Gasteiger partial charge in [-0.1, -0.05) is 42.9 Å². The predicted octanol–water partition coefficient (Wildman–Crippen LogP) is 0.948. The van der Waals surface area contributed by atoms with Crippen molar-refractivity contribution >= 4 is 18.1 Å². The van der Waals surface area contributed by atoms with Crippen LogP contribution in [0.1, 0.15) is 5.56 Å². The van der Waals surface area contributed by atoms with E-state index in [1.54, 1.807) is 0 Å². The van der Waals surface area contributed by atoms with Crippen LogP contribution in [-0.2, 0) is 6.42 Å². The third-order valence-electron chi connectivity index (χ3n) is 1.91. The maximum absolute atomic E-state index is 2.44. The van der Waals surface area contributed by atoms with E-state index in [1.165, 1.54) is 18.0 Å². The number of aryl methyl sites for hydroxylation is 1. The van der Waals surface area contributed by atoms with E-state index in [0.717, 1.165) is 0 Å². The fourth-order valence-electron chi connectivity index (χ4n) is 1.22. The zero-order valence-corrected chi connectivity index (χ0v) is 10.0. The van der Waals surface area contributed by atoms with E-state index in [1.807, 2.05) is 0 Å². The Labute approximate surface area is 73.5 Å². The molecular weight excluding hydrogens is 164 g/mol. The molecule has 0 radical (unpaired) electrons. The minimum absolute atomic E-state index is 0.417. The highest BCUT2D eigenvalue weighted by molar-refractivity contribution is 6.99. The van der Waals surface area contributed by atoms with E-state index in [9.17, 15) is 0 Å². The lowest BCUT2D eigenvalue weighted by molar-refractivity contribution is 1.13. The first kappa shape index (κ1) is 8.75. The molecule has 0 heterocycles. The minimum Gasteiger partial charge on any atom is -0.0771 e. The lowest BCUT2D eigenvalue weighted by Crippen LogP contribution is -1.98. The summed E-state index contributed by atoms with van der Waals surface area (Å²) in [7, 11) is 0.854. The fraction of sp³-hybridized carbons (Fsp3) is 0.333. The molecular formula is C9H16Si2. The quantitative estimate of drug-likeness (QED) is 0.478. The summed E-state index contributed by atoms with van der Waals surface area (Å²) in [6.45, 7) is 2.44. The third kappa shape index (κ3) is 3.53. The lowest BCUT2D eigenvalue weighted by Gasteiger charge is -1.97. The number of hydrogen-bond acceptors (Lipinski definition) is 0. The second-order valence-corrected chi connectivity index (χ2v) is 10.5. The zero-order valence-electron chi connectivity index (χ0n) is 7.22. The predicted molar refractivity (Wildman–Crippen MR) is 57.9 cm³/mol. The molecule has 0 saturated carbocycles. The first-order valence-electron chi connectivity index (χ1n) is 4.47. The fourth-order valence-corrected chi connectivity index (χ4v) is 4.63. The van der Waals surface area contributed by atoms with Crippen molar-refractivity contribution in [2.75, 3.05) is 0 Å². The van der Waals surface area contributed by atoms with Gasteiger partial charge < -0.3 is 0 Å². The largest absolute Gasteiger partial charge is 0.0771 e. The van der Waals surface area contributed by atoms with Gasteiger partial charge in [-0.2, -0.15) is 0 Å². The zero-order chi connectivity index (χ0) is 7.94. The molecule has 0 aliphatic heterocycles. The molecule has 0 N–H and O–H groups in total. The van der Waals surface area contributed by atoms with Crippen LogP contribution >= 0.6 is 0 Å². The molecule has 1 aromatic carbocycles. The van der Waals surface area contributed by atoms with Gasteiger partial charge in [0, 0.05) is 18.1 Å². The molecule has 1 rings (SSSR count). The smallest absolute Gasteiger partial charge is 0.00812 e. The van der Waals surface area contributed by atoms with Crippen molar-refractivity contribution in [3.63, 3.8) is 0 Å². The molecule has 0 unspecified atom stereocenters. The highest BCUT2D eigenvalue weighted by Gasteiger charge is 1.90. The van der Waals surface area contributed by atoms with Crippen molar-refractivity contribution in [3.05, 3.63) is 35.9 Å². The first-order valence-corrected chi connectivity index (χ1v) is 10.9. The molecule has 11 heavy (non-hydrogen) atoms. The Morgan fingerprint density at radius 2 is 1.91 bits per heavy atom. The summed E-state index contributed by atoms with van der Waals surface area (Å²) in [6.07, 6.45) is 1.34. The van der Waals surface area contributed by atoms with E-state index in [4.69, 9.17) is 0 Å². The maximum atomic E-state index is 2.44. The Hall–Kier alpha value is -0.346. The van der Waals surface area contributed by atoms with Gasteiger partial charge in [0.25, 0.3) is 0 Å². The van der Waals surface area contributed by atoms with Gasteiger partial charge in [0.05, 0.1) is 0 Å². The van der Waals surface area contributed by atoms with Crippen molar-refractivity contribution in [1.29, 1.82) is 0 Å². The van der Waals surface area contributed by atoms with E-state index in [-0.39, 0.29) is 0 Å². The Morgan fingerprint density at radius 1 is 1.18 bits per heavy atom. The first-order chi connectivity index (χ1) is 5.43. The second kappa shape index (κ2) is 5.32. The van der Waals surface area contributed by atoms with Crippen LogP contribution in [0, 0.1) is 0 Å². The monoisotopic (exact) mass is 180 g/mol. The standard InChI is InChI=1S/C9H16Si2/c1-10-11-8-7-9-5-3-2-4-6-9/h2-6H,7-8,10-11H2,1H3. The maximum Gasteiger partial charge on any atom is 0.00812 e. The van der Waals surface area contributed by atoms with Crippen LogP contribution in [0.15, 0.2) is 30.3 Å². The van der Waals surface area contributed by atoms with Crippen LogP contribution in [0.3, 0.4) is 0 Å². The van der Waals surface area contributed by atoms with Gasteiger partial charge in [-0.25, -0.2) is 0 Å². The van der Waals surface area contributed by atoms with Gasteiger partial charge in [-0.15, -0.1) is 0 Å². The van der Waals surface area contributed by atoms with Gasteiger partial charge >= 0.3 is 0 Å². The topological polar surface area (TPSA) is 0 Å². The summed E-state index contributed by atoms with van der Waals surface area (Å²) in [5, 5.41) is 0. The average molecular weight is 180 g/mol. The minimum atomic E-state index is 0.417. The molecule has 0 aromatic heterocycles. The Balaban J connectivity index is 2.28. The molecule has 0 aliphatic carbocycles. The van der Waals surface area contributed by atoms with Crippen LogP contribution in [0.4, 0.5) is 0 Å². The van der Waals surface area contributed by atoms with Crippen LogP contribution < -0.4 is 0 Å². The van der Waals surface area contributed by atoms with E-state index in [0.29, 0.717) is 18.1 Å². The van der Waals surface area contributed by atoms with Gasteiger partial charge in [-0.05, 0) is 12.0 Å². The van der Waals surface area contributed by atoms with Gasteiger partial charge in [0.2, 0.25) is 0 Å². The van der Waals surface area contributed by atoms with Gasteiger partial charge in [0.15, 0.2) is 0 Å². The van der Waals surface area contributed by atoms with E-state index in [2.05, 4.69) is 36.9 Å². The SMILES string of the molecule is C[SiH2][SiH2]CCc1ccccc1. The van der Waals surface area contributed by atoms with Crippen molar-refractivity contribution in [1.82, 2.24) is 0 Å². The molecule has 60 valence electrons. The van der Waals surface area contributed by atoms with E-state index < -0.39 is 0 Å². The number of rotatable bonds is 4. The van der Waals surface area contributed by atoms with E-state index >= 15 is 0 Å². The van der Waals surface area contributed by atoms with Crippen molar-refractivity contribution in [3.8, 4) is 0 Å². The number of benzene rings is 1. The number of hydrogen-bond donors (Lipinski definition) is 0. The highest BCUT2D eigenvalue weighted by atomic mass is 29.1. The lowest BCUT2D eigenvalue weighted by atomic mass is 10.2. The Morgan fingerprint density at radius 3 is 2.55 bits per heavy atom. The van der Waals surface area contributed by atoms with Crippen LogP contribution in [0.2, 0.25) is 12.6 Å². The molecule has 0 amide bonds. The molecule has 0 atom stereocenters. The molecule has 1 aromatic rings. The van der Waals surface area contributed by atoms with Crippen LogP contribution in [0.25, 0.3) is 0 Å². The Kier molecular flexibility index (Phi) is 4.23. The van der Waals surface area contributed by atoms with Crippen LogP contribution in [-0.4, -0.2) is 18.1 Å². The van der Waals surface area contributed by atoms with Crippen molar-refractivity contribution in [2.45, 2.75) is 19.0 Å².